The first-order valence-corrected chi connectivity index (χ1v) is 12.8. The van der Waals surface area contributed by atoms with E-state index in [9.17, 15) is 4.39 Å². The molecular weight excluding hydrogens is 419 g/mol. The first-order chi connectivity index (χ1) is 15.3. The smallest absolute Gasteiger partial charge is 0.118 e. The standard InChI is InChI=1S/C26H35FN4S/c1-5-10-30-14-18(15-30)12-23-28-13-22(32-23)25-24-20(19-8-6-7-9-21(19)29-24)11-17(2)31(25)16-26(3,4)27/h6-9,13,17-18,25,29H,5,10-12,14-16H2,1-4H3/t17-,25-/m1/s1. The second kappa shape index (κ2) is 8.54. The number of halogens is 1. The van der Waals surface area contributed by atoms with E-state index in [1.165, 1.54) is 58.1 Å². The Morgan fingerprint density at radius 2 is 2.03 bits per heavy atom. The molecule has 1 fully saturated rings. The number of aromatic nitrogens is 2. The summed E-state index contributed by atoms with van der Waals surface area (Å²) in [6.45, 7) is 11.9. The average Bonchev–Trinajstić information content (AvgIpc) is 3.30. The zero-order chi connectivity index (χ0) is 22.5. The topological polar surface area (TPSA) is 35.2 Å². The van der Waals surface area contributed by atoms with Crippen molar-refractivity contribution in [3.63, 3.8) is 0 Å². The number of rotatable bonds is 7. The number of likely N-dealkylation sites (tertiary alicyclic amines) is 1. The molecule has 0 unspecified atom stereocenters. The molecule has 1 saturated heterocycles. The molecular formula is C26H35FN4S. The lowest BCUT2D eigenvalue weighted by molar-refractivity contribution is 0.0678. The Balaban J connectivity index is 1.46. The molecule has 2 aliphatic heterocycles. The number of nitrogens with one attached hydrogen (secondary N) is 1. The summed E-state index contributed by atoms with van der Waals surface area (Å²) in [7, 11) is 0. The van der Waals surface area contributed by atoms with Crippen molar-refractivity contribution in [1.29, 1.82) is 0 Å². The molecule has 0 aliphatic carbocycles. The molecule has 0 amide bonds. The molecule has 0 spiro atoms. The van der Waals surface area contributed by atoms with Crippen molar-refractivity contribution in [2.75, 3.05) is 26.2 Å². The molecule has 0 radical (unpaired) electrons. The molecule has 0 saturated carbocycles. The molecule has 2 atom stereocenters. The summed E-state index contributed by atoms with van der Waals surface area (Å²) in [6.07, 6.45) is 5.27. The van der Waals surface area contributed by atoms with Gasteiger partial charge in [-0.25, -0.2) is 9.37 Å². The maximum absolute atomic E-state index is 14.9. The fraction of sp³-hybridized carbons (Fsp3) is 0.577. The molecule has 0 bridgehead atoms. The Kier molecular flexibility index (Phi) is 5.89. The van der Waals surface area contributed by atoms with E-state index in [-0.39, 0.29) is 12.1 Å². The second-order valence-corrected chi connectivity index (χ2v) is 11.5. The third kappa shape index (κ3) is 4.25. The number of aromatic amines is 1. The number of hydrogen-bond donors (Lipinski definition) is 1. The minimum Gasteiger partial charge on any atom is -0.357 e. The number of nitrogens with zero attached hydrogens (tertiary/aromatic N) is 3. The van der Waals surface area contributed by atoms with E-state index in [0.717, 1.165) is 18.8 Å². The fourth-order valence-electron chi connectivity index (χ4n) is 5.59. The molecule has 2 aliphatic rings. The summed E-state index contributed by atoms with van der Waals surface area (Å²) in [4.78, 5) is 14.6. The molecule has 2 aromatic heterocycles. The minimum absolute atomic E-state index is 0.0282. The van der Waals surface area contributed by atoms with Crippen molar-refractivity contribution in [1.82, 2.24) is 19.8 Å². The van der Waals surface area contributed by atoms with Crippen molar-refractivity contribution >= 4 is 22.2 Å². The Morgan fingerprint density at radius 3 is 2.78 bits per heavy atom. The number of benzene rings is 1. The van der Waals surface area contributed by atoms with E-state index in [1.807, 2.05) is 11.3 Å². The summed E-state index contributed by atoms with van der Waals surface area (Å²) < 4.78 is 14.9. The molecule has 4 nitrogen and oxygen atoms in total. The largest absolute Gasteiger partial charge is 0.357 e. The lowest BCUT2D eigenvalue weighted by atomic mass is 9.90. The molecule has 1 N–H and O–H groups in total. The molecule has 5 rings (SSSR count). The van der Waals surface area contributed by atoms with Gasteiger partial charge < -0.3 is 9.88 Å². The summed E-state index contributed by atoms with van der Waals surface area (Å²) in [5.41, 5.74) is 2.53. The minimum atomic E-state index is -1.25. The number of fused-ring (bicyclic) bond motifs is 3. The summed E-state index contributed by atoms with van der Waals surface area (Å²) >= 11 is 1.82. The van der Waals surface area contributed by atoms with Crippen molar-refractivity contribution in [2.45, 2.75) is 64.7 Å². The maximum Gasteiger partial charge on any atom is 0.118 e. The number of thiazole rings is 1. The number of hydrogen-bond acceptors (Lipinski definition) is 4. The maximum atomic E-state index is 14.9. The monoisotopic (exact) mass is 454 g/mol. The van der Waals surface area contributed by atoms with Gasteiger partial charge in [-0.1, -0.05) is 25.1 Å². The van der Waals surface area contributed by atoms with Gasteiger partial charge in [-0.2, -0.15) is 0 Å². The third-order valence-corrected chi connectivity index (χ3v) is 8.02. The van der Waals surface area contributed by atoms with Gasteiger partial charge in [0.25, 0.3) is 0 Å². The molecule has 3 aromatic rings. The fourth-order valence-corrected chi connectivity index (χ4v) is 6.76. The van der Waals surface area contributed by atoms with Crippen LogP contribution in [-0.4, -0.2) is 57.7 Å². The van der Waals surface area contributed by atoms with Crippen molar-refractivity contribution in [3.05, 3.63) is 51.6 Å². The lowest BCUT2D eigenvalue weighted by Crippen LogP contribution is -2.47. The predicted octanol–water partition coefficient (Wildman–Crippen LogP) is 5.59. The summed E-state index contributed by atoms with van der Waals surface area (Å²) in [5.74, 6) is 0.718. The molecule has 172 valence electrons. The van der Waals surface area contributed by atoms with Crippen LogP contribution in [0.3, 0.4) is 0 Å². The zero-order valence-corrected chi connectivity index (χ0v) is 20.5. The van der Waals surface area contributed by atoms with Crippen LogP contribution in [0.4, 0.5) is 4.39 Å². The highest BCUT2D eigenvalue weighted by molar-refractivity contribution is 7.11. The second-order valence-electron chi connectivity index (χ2n) is 10.4. The predicted molar refractivity (Wildman–Crippen MR) is 131 cm³/mol. The number of alkyl halides is 1. The highest BCUT2D eigenvalue weighted by Crippen LogP contribution is 2.43. The van der Waals surface area contributed by atoms with Crippen LogP contribution in [0.5, 0.6) is 0 Å². The number of para-hydroxylation sites is 1. The molecule has 6 heteroatoms. The van der Waals surface area contributed by atoms with Gasteiger partial charge in [0.1, 0.15) is 5.67 Å². The Bertz CT molecular complexity index is 1080. The Morgan fingerprint density at radius 1 is 1.25 bits per heavy atom. The van der Waals surface area contributed by atoms with E-state index in [0.29, 0.717) is 6.54 Å². The first kappa shape index (κ1) is 22.1. The van der Waals surface area contributed by atoms with Crippen LogP contribution < -0.4 is 0 Å². The van der Waals surface area contributed by atoms with Gasteiger partial charge >= 0.3 is 0 Å². The van der Waals surface area contributed by atoms with Crippen LogP contribution in [0.15, 0.2) is 30.5 Å². The van der Waals surface area contributed by atoms with E-state index in [2.05, 4.69) is 59.1 Å². The highest BCUT2D eigenvalue weighted by atomic mass is 32.1. The molecule has 1 aromatic carbocycles. The lowest BCUT2D eigenvalue weighted by Gasteiger charge is -2.42. The van der Waals surface area contributed by atoms with Crippen LogP contribution in [0.2, 0.25) is 0 Å². The van der Waals surface area contributed by atoms with Crippen LogP contribution >= 0.6 is 11.3 Å². The van der Waals surface area contributed by atoms with E-state index in [1.54, 1.807) is 13.8 Å². The van der Waals surface area contributed by atoms with Gasteiger partial charge in [-0.3, -0.25) is 4.90 Å². The van der Waals surface area contributed by atoms with Crippen LogP contribution in [0.25, 0.3) is 10.9 Å². The third-order valence-electron chi connectivity index (χ3n) is 6.95. The van der Waals surface area contributed by atoms with E-state index in [4.69, 9.17) is 4.98 Å². The Labute approximate surface area is 194 Å². The summed E-state index contributed by atoms with van der Waals surface area (Å²) in [6, 6.07) is 8.84. The molecule has 4 heterocycles. The number of H-pyrrole nitrogens is 1. The van der Waals surface area contributed by atoms with Crippen LogP contribution in [0.1, 0.15) is 61.3 Å². The quantitative estimate of drug-likeness (QED) is 0.505. The Hall–Kier alpha value is -1.76. The van der Waals surface area contributed by atoms with Gasteiger partial charge in [-0.15, -0.1) is 11.3 Å². The van der Waals surface area contributed by atoms with Gasteiger partial charge in [0.2, 0.25) is 0 Å². The van der Waals surface area contributed by atoms with Crippen molar-refractivity contribution < 1.29 is 4.39 Å². The van der Waals surface area contributed by atoms with Gasteiger partial charge in [-0.05, 0) is 57.7 Å². The van der Waals surface area contributed by atoms with Gasteiger partial charge in [0.05, 0.1) is 11.0 Å². The van der Waals surface area contributed by atoms with E-state index >= 15 is 0 Å². The van der Waals surface area contributed by atoms with Gasteiger partial charge in [0, 0.05) is 59.8 Å². The van der Waals surface area contributed by atoms with Crippen molar-refractivity contribution in [3.8, 4) is 0 Å². The van der Waals surface area contributed by atoms with Crippen LogP contribution in [-0.2, 0) is 12.8 Å². The zero-order valence-electron chi connectivity index (χ0n) is 19.7. The first-order valence-electron chi connectivity index (χ1n) is 12.0. The normalized spacial score (nSPS) is 22.9. The van der Waals surface area contributed by atoms with Crippen LogP contribution in [0, 0.1) is 5.92 Å². The van der Waals surface area contributed by atoms with Gasteiger partial charge in [0.15, 0.2) is 0 Å². The summed E-state index contributed by atoms with van der Waals surface area (Å²) in [5, 5.41) is 2.52. The van der Waals surface area contributed by atoms with E-state index < -0.39 is 5.67 Å². The highest BCUT2D eigenvalue weighted by Gasteiger charge is 2.39. The average molecular weight is 455 g/mol. The SMILES string of the molecule is CCCN1CC(Cc2ncc([C@@H]3c4[nH]c5ccccc5c4C[C@@H](C)N3CC(C)(C)F)s2)C1. The molecule has 32 heavy (non-hydrogen) atoms. The van der Waals surface area contributed by atoms with Crippen molar-refractivity contribution in [2.24, 2.45) is 5.92 Å².